The van der Waals surface area contributed by atoms with Crippen LogP contribution in [0.1, 0.15) is 22.8 Å². The smallest absolute Gasteiger partial charge is 0.343 e. The zero-order valence-electron chi connectivity index (χ0n) is 20.4. The highest BCUT2D eigenvalue weighted by Crippen LogP contribution is 2.29. The Kier molecular flexibility index (Phi) is 8.25. The molecule has 0 unspecified atom stereocenters. The summed E-state index contributed by atoms with van der Waals surface area (Å²) in [5.41, 5.74) is 3.92. The molecule has 0 heterocycles. The summed E-state index contributed by atoms with van der Waals surface area (Å²) >= 11 is 0. The van der Waals surface area contributed by atoms with E-state index in [1.807, 2.05) is 42.5 Å². The van der Waals surface area contributed by atoms with Crippen LogP contribution in [-0.2, 0) is 4.79 Å². The lowest BCUT2D eigenvalue weighted by atomic mass is 10.1. The summed E-state index contributed by atoms with van der Waals surface area (Å²) in [7, 11) is 0. The number of carbonyl (C=O) groups excluding carboxylic acids is 2. The number of nitro groups is 1. The summed E-state index contributed by atoms with van der Waals surface area (Å²) in [6, 6.07) is 23.7. The number of nitrogens with one attached hydrogen (secondary N) is 2. The molecule has 2 N–H and O–H groups in total. The molecule has 0 aliphatic rings. The first-order valence-electron chi connectivity index (χ1n) is 11.7. The van der Waals surface area contributed by atoms with Crippen molar-refractivity contribution in [2.24, 2.45) is 5.10 Å². The third-order valence-electron chi connectivity index (χ3n) is 5.39. The van der Waals surface area contributed by atoms with Crippen LogP contribution in [0.4, 0.5) is 11.4 Å². The quantitative estimate of drug-likeness (QED) is 0.101. The second kappa shape index (κ2) is 12.1. The molecule has 0 aliphatic carbocycles. The summed E-state index contributed by atoms with van der Waals surface area (Å²) in [4.78, 5) is 34.9. The number of non-ortho nitro benzene ring substituents is 1. The molecule has 0 aliphatic heterocycles. The van der Waals surface area contributed by atoms with Crippen molar-refractivity contribution in [1.29, 1.82) is 0 Å². The van der Waals surface area contributed by atoms with Crippen molar-refractivity contribution in [3.8, 4) is 11.5 Å². The molecule has 10 nitrogen and oxygen atoms in total. The number of anilines is 1. The molecule has 0 spiro atoms. The van der Waals surface area contributed by atoms with Crippen molar-refractivity contribution >= 4 is 40.2 Å². The van der Waals surface area contributed by atoms with Crippen molar-refractivity contribution in [3.63, 3.8) is 0 Å². The molecule has 10 heteroatoms. The van der Waals surface area contributed by atoms with E-state index in [1.165, 1.54) is 30.5 Å². The van der Waals surface area contributed by atoms with Gasteiger partial charge in [-0.25, -0.2) is 10.2 Å². The lowest BCUT2D eigenvalue weighted by molar-refractivity contribution is -0.384. The molecule has 0 radical (unpaired) electrons. The number of nitrogens with zero attached hydrogens (tertiary/aromatic N) is 2. The summed E-state index contributed by atoms with van der Waals surface area (Å²) in [5, 5.41) is 20.0. The van der Waals surface area contributed by atoms with Crippen molar-refractivity contribution in [3.05, 3.63) is 106 Å². The van der Waals surface area contributed by atoms with Gasteiger partial charge in [-0.1, -0.05) is 30.3 Å². The van der Waals surface area contributed by atoms with Crippen molar-refractivity contribution < 1.29 is 24.0 Å². The molecular formula is C28H24N4O6. The summed E-state index contributed by atoms with van der Waals surface area (Å²) in [6.07, 6.45) is 1.44. The minimum absolute atomic E-state index is 0.0391. The fraction of sp³-hybridized carbons (Fsp3) is 0.107. The highest BCUT2D eigenvalue weighted by molar-refractivity contribution is 5.92. The molecule has 192 valence electrons. The molecule has 1 amide bonds. The van der Waals surface area contributed by atoms with E-state index in [9.17, 15) is 19.7 Å². The number of carbonyl (C=O) groups is 2. The Bertz CT molecular complexity index is 1500. The van der Waals surface area contributed by atoms with E-state index in [0.717, 1.165) is 16.5 Å². The number of rotatable bonds is 10. The molecule has 0 saturated heterocycles. The van der Waals surface area contributed by atoms with Gasteiger partial charge in [-0.05, 0) is 65.7 Å². The highest BCUT2D eigenvalue weighted by Gasteiger charge is 2.15. The molecule has 0 bridgehead atoms. The first-order valence-corrected chi connectivity index (χ1v) is 11.7. The van der Waals surface area contributed by atoms with E-state index in [4.69, 9.17) is 9.47 Å². The molecule has 0 fully saturated rings. The molecular weight excluding hydrogens is 488 g/mol. The zero-order chi connectivity index (χ0) is 26.9. The van der Waals surface area contributed by atoms with E-state index in [2.05, 4.69) is 15.8 Å². The Hall–Kier alpha value is -5.25. The molecule has 38 heavy (non-hydrogen) atoms. The maximum Gasteiger partial charge on any atom is 0.343 e. The van der Waals surface area contributed by atoms with Gasteiger partial charge in [-0.15, -0.1) is 0 Å². The number of hydrogen-bond donors (Lipinski definition) is 2. The average molecular weight is 513 g/mol. The fourth-order valence-corrected chi connectivity index (χ4v) is 3.54. The van der Waals surface area contributed by atoms with Crippen LogP contribution in [0.2, 0.25) is 0 Å². The predicted molar refractivity (Wildman–Crippen MR) is 144 cm³/mol. The maximum atomic E-state index is 12.5. The van der Waals surface area contributed by atoms with Crippen LogP contribution in [0.5, 0.6) is 11.5 Å². The number of hydrazone groups is 1. The van der Waals surface area contributed by atoms with E-state index < -0.39 is 10.9 Å². The zero-order valence-corrected chi connectivity index (χ0v) is 20.4. The van der Waals surface area contributed by atoms with Crippen LogP contribution in [0, 0.1) is 10.1 Å². The number of ether oxygens (including phenoxy) is 2. The minimum atomic E-state index is -0.687. The lowest BCUT2D eigenvalue weighted by Gasteiger charge is -2.11. The normalized spacial score (nSPS) is 10.8. The van der Waals surface area contributed by atoms with Gasteiger partial charge in [0.15, 0.2) is 11.5 Å². The lowest BCUT2D eigenvalue weighted by Crippen LogP contribution is -2.25. The largest absolute Gasteiger partial charge is 0.490 e. The number of nitro benzene ring substituents is 1. The molecule has 4 aromatic rings. The van der Waals surface area contributed by atoms with Gasteiger partial charge in [0.2, 0.25) is 0 Å². The third-order valence-corrected chi connectivity index (χ3v) is 5.39. The van der Waals surface area contributed by atoms with Crippen molar-refractivity contribution in [1.82, 2.24) is 5.43 Å². The van der Waals surface area contributed by atoms with Crippen molar-refractivity contribution in [2.75, 3.05) is 18.5 Å². The second-order valence-electron chi connectivity index (χ2n) is 8.04. The third kappa shape index (κ3) is 6.70. The van der Waals surface area contributed by atoms with Gasteiger partial charge in [-0.2, -0.15) is 5.10 Å². The van der Waals surface area contributed by atoms with Crippen LogP contribution in [0.15, 0.2) is 90.0 Å². The summed E-state index contributed by atoms with van der Waals surface area (Å²) < 4.78 is 11.0. The number of amides is 1. The van der Waals surface area contributed by atoms with E-state index >= 15 is 0 Å². The van der Waals surface area contributed by atoms with Crippen LogP contribution < -0.4 is 20.2 Å². The number of benzene rings is 4. The Balaban J connectivity index is 1.34. The Morgan fingerprint density at radius 2 is 1.71 bits per heavy atom. The van der Waals surface area contributed by atoms with Gasteiger partial charge in [0.25, 0.3) is 11.6 Å². The second-order valence-corrected chi connectivity index (χ2v) is 8.04. The molecule has 4 aromatic carbocycles. The van der Waals surface area contributed by atoms with E-state index in [1.54, 1.807) is 25.1 Å². The van der Waals surface area contributed by atoms with Crippen LogP contribution in [0.3, 0.4) is 0 Å². The Labute approximate surface area is 218 Å². The fourth-order valence-electron chi connectivity index (χ4n) is 3.54. The summed E-state index contributed by atoms with van der Waals surface area (Å²) in [6.45, 7) is 2.14. The Morgan fingerprint density at radius 3 is 2.45 bits per heavy atom. The SMILES string of the molecule is CCOc1cc(/C=N/NC(=O)CNc2ccc3ccccc3c2)ccc1OC(=O)c1ccc([N+](=O)[O-])cc1. The van der Waals surface area contributed by atoms with Gasteiger partial charge in [0.1, 0.15) is 0 Å². The van der Waals surface area contributed by atoms with Gasteiger partial charge < -0.3 is 14.8 Å². The first kappa shape index (κ1) is 25.8. The van der Waals surface area contributed by atoms with Crippen LogP contribution in [-0.4, -0.2) is 36.2 Å². The van der Waals surface area contributed by atoms with E-state index in [-0.39, 0.29) is 29.5 Å². The van der Waals surface area contributed by atoms with Gasteiger partial charge in [0.05, 0.1) is 29.9 Å². The minimum Gasteiger partial charge on any atom is -0.490 e. The molecule has 4 rings (SSSR count). The number of hydrogen-bond acceptors (Lipinski definition) is 8. The van der Waals surface area contributed by atoms with E-state index in [0.29, 0.717) is 17.9 Å². The topological polar surface area (TPSA) is 132 Å². The monoisotopic (exact) mass is 512 g/mol. The number of esters is 1. The maximum absolute atomic E-state index is 12.5. The summed E-state index contributed by atoms with van der Waals surface area (Å²) in [5.74, 6) is -0.534. The molecule has 0 aromatic heterocycles. The predicted octanol–water partition coefficient (Wildman–Crippen LogP) is 4.93. The Morgan fingerprint density at radius 1 is 0.947 bits per heavy atom. The van der Waals surface area contributed by atoms with Gasteiger partial charge >= 0.3 is 5.97 Å². The van der Waals surface area contributed by atoms with Gasteiger partial charge in [-0.3, -0.25) is 14.9 Å². The van der Waals surface area contributed by atoms with Gasteiger partial charge in [0, 0.05) is 17.8 Å². The number of fused-ring (bicyclic) bond motifs is 1. The van der Waals surface area contributed by atoms with Crippen molar-refractivity contribution in [2.45, 2.75) is 6.92 Å². The van der Waals surface area contributed by atoms with Crippen LogP contribution in [0.25, 0.3) is 10.8 Å². The standard InChI is InChI=1S/C28H24N4O6/c1-2-37-26-15-19(7-14-25(26)38-28(34)21-9-12-24(13-10-21)32(35)36)17-30-31-27(33)18-29-23-11-8-20-5-3-4-6-22(20)16-23/h3-17,29H,2,18H2,1H3,(H,31,33)/b30-17+. The highest BCUT2D eigenvalue weighted by atomic mass is 16.6. The molecule has 0 saturated carbocycles. The average Bonchev–Trinajstić information content (AvgIpc) is 2.93. The first-order chi connectivity index (χ1) is 18.4. The molecule has 0 atom stereocenters. The van der Waals surface area contributed by atoms with Crippen LogP contribution >= 0.6 is 0 Å².